The van der Waals surface area contributed by atoms with Crippen molar-refractivity contribution in [2.45, 2.75) is 13.3 Å². The number of esters is 1. The molecule has 0 heterocycles. The fraction of sp³-hybridized carbons (Fsp3) is 0.471. The highest BCUT2D eigenvalue weighted by atomic mass is 16.5. The largest absolute Gasteiger partial charge is 0.465 e. The summed E-state index contributed by atoms with van der Waals surface area (Å²) in [4.78, 5) is 38.6. The molecule has 2 amide bonds. The van der Waals surface area contributed by atoms with E-state index in [1.165, 1.54) is 18.9 Å². The maximum absolute atomic E-state index is 11.8. The molecule has 132 valence electrons. The number of likely N-dealkylation sites (N-methyl/N-ethyl adjacent to an activating group) is 1. The van der Waals surface area contributed by atoms with Crippen molar-refractivity contribution >= 4 is 23.5 Å². The van der Waals surface area contributed by atoms with E-state index in [2.05, 4.69) is 10.1 Å². The number of anilines is 1. The van der Waals surface area contributed by atoms with Crippen molar-refractivity contribution in [1.29, 1.82) is 0 Å². The zero-order valence-electron chi connectivity index (χ0n) is 14.7. The molecule has 0 aliphatic carbocycles. The minimum Gasteiger partial charge on any atom is -0.465 e. The lowest BCUT2D eigenvalue weighted by Crippen LogP contribution is -2.36. The summed E-state index contributed by atoms with van der Waals surface area (Å²) in [7, 11) is 5.18. The number of amides is 2. The van der Waals surface area contributed by atoms with Crippen LogP contribution in [0.2, 0.25) is 0 Å². The Balaban J connectivity index is 2.62. The monoisotopic (exact) mass is 335 g/mol. The second kappa shape index (κ2) is 9.67. The van der Waals surface area contributed by atoms with Gasteiger partial charge in [0.1, 0.15) is 0 Å². The third kappa shape index (κ3) is 6.37. The van der Waals surface area contributed by atoms with Crippen LogP contribution < -0.4 is 10.2 Å². The third-order valence-electron chi connectivity index (χ3n) is 3.42. The number of nitrogens with zero attached hydrogens (tertiary/aromatic N) is 2. The Kier molecular flexibility index (Phi) is 7.91. The first-order chi connectivity index (χ1) is 11.3. The average Bonchev–Trinajstić information content (AvgIpc) is 2.54. The zero-order chi connectivity index (χ0) is 18.1. The van der Waals surface area contributed by atoms with Gasteiger partial charge < -0.3 is 19.9 Å². The molecule has 0 atom stereocenters. The quantitative estimate of drug-likeness (QED) is 0.714. The van der Waals surface area contributed by atoms with Gasteiger partial charge in [-0.15, -0.1) is 0 Å². The molecule has 0 unspecified atom stereocenters. The van der Waals surface area contributed by atoms with Crippen molar-refractivity contribution in [3.05, 3.63) is 29.8 Å². The normalized spacial score (nSPS) is 10.4. The Labute approximate surface area is 142 Å². The van der Waals surface area contributed by atoms with Crippen LogP contribution in [0, 0.1) is 0 Å². The van der Waals surface area contributed by atoms with Gasteiger partial charge in [0.2, 0.25) is 11.8 Å². The van der Waals surface area contributed by atoms with Crippen molar-refractivity contribution in [3.8, 4) is 0 Å². The van der Waals surface area contributed by atoms with Crippen LogP contribution >= 0.6 is 0 Å². The molecule has 24 heavy (non-hydrogen) atoms. The molecule has 1 aromatic carbocycles. The van der Waals surface area contributed by atoms with Crippen LogP contribution in [0.5, 0.6) is 0 Å². The molecule has 1 N–H and O–H groups in total. The topological polar surface area (TPSA) is 79.0 Å². The van der Waals surface area contributed by atoms with E-state index in [1.807, 2.05) is 19.0 Å². The van der Waals surface area contributed by atoms with Gasteiger partial charge in [0.15, 0.2) is 0 Å². The summed E-state index contributed by atoms with van der Waals surface area (Å²) in [6.45, 7) is 3.05. The summed E-state index contributed by atoms with van der Waals surface area (Å²) in [5.74, 6) is -0.701. The van der Waals surface area contributed by atoms with E-state index in [0.717, 1.165) is 6.54 Å². The minimum absolute atomic E-state index is 0.103. The molecule has 0 bridgehead atoms. The van der Waals surface area contributed by atoms with Gasteiger partial charge in [-0.3, -0.25) is 9.59 Å². The number of rotatable bonds is 8. The fourth-order valence-electron chi connectivity index (χ4n) is 2.08. The summed E-state index contributed by atoms with van der Waals surface area (Å²) in [5.41, 5.74) is 1.04. The predicted octanol–water partition coefficient (Wildman–Crippen LogP) is 0.894. The first-order valence-corrected chi connectivity index (χ1v) is 7.73. The predicted molar refractivity (Wildman–Crippen MR) is 92.0 cm³/mol. The molecular weight excluding hydrogens is 310 g/mol. The van der Waals surface area contributed by atoms with Gasteiger partial charge in [-0.1, -0.05) is 0 Å². The Bertz CT molecular complexity index is 570. The molecule has 7 heteroatoms. The van der Waals surface area contributed by atoms with Crippen molar-refractivity contribution in [1.82, 2.24) is 10.2 Å². The molecule has 0 radical (unpaired) electrons. The lowest BCUT2D eigenvalue weighted by molar-refractivity contribution is -0.121. The number of methoxy groups -OCH3 is 1. The molecule has 0 aliphatic heterocycles. The molecule has 0 spiro atoms. The zero-order valence-corrected chi connectivity index (χ0v) is 14.7. The van der Waals surface area contributed by atoms with E-state index in [4.69, 9.17) is 0 Å². The highest BCUT2D eigenvalue weighted by Gasteiger charge is 2.14. The average molecular weight is 335 g/mol. The first-order valence-electron chi connectivity index (χ1n) is 7.73. The SMILES string of the molecule is COC(=O)c1ccc(N(CCC(=O)NCCN(C)C)C(C)=O)cc1. The molecule has 1 rings (SSSR count). The maximum atomic E-state index is 11.8. The number of ether oxygens (including phenoxy) is 1. The van der Waals surface area contributed by atoms with Crippen molar-refractivity contribution in [3.63, 3.8) is 0 Å². The Morgan fingerprint density at radius 3 is 2.21 bits per heavy atom. The smallest absolute Gasteiger partial charge is 0.337 e. The van der Waals surface area contributed by atoms with Crippen LogP contribution in [0.4, 0.5) is 5.69 Å². The van der Waals surface area contributed by atoms with Gasteiger partial charge in [-0.2, -0.15) is 0 Å². The second-order valence-electron chi connectivity index (χ2n) is 5.61. The van der Waals surface area contributed by atoms with Gasteiger partial charge in [0, 0.05) is 38.7 Å². The van der Waals surface area contributed by atoms with Crippen molar-refractivity contribution < 1.29 is 19.1 Å². The molecule has 0 aromatic heterocycles. The number of benzene rings is 1. The van der Waals surface area contributed by atoms with Crippen LogP contribution in [-0.4, -0.2) is 63.5 Å². The van der Waals surface area contributed by atoms with E-state index in [9.17, 15) is 14.4 Å². The Morgan fingerprint density at radius 1 is 1.08 bits per heavy atom. The summed E-state index contributed by atoms with van der Waals surface area (Å²) >= 11 is 0. The minimum atomic E-state index is -0.434. The summed E-state index contributed by atoms with van der Waals surface area (Å²) in [6.07, 6.45) is 0.214. The third-order valence-corrected chi connectivity index (χ3v) is 3.42. The number of carbonyl (C=O) groups excluding carboxylic acids is 3. The number of nitrogens with one attached hydrogen (secondary N) is 1. The Morgan fingerprint density at radius 2 is 1.71 bits per heavy atom. The van der Waals surface area contributed by atoms with E-state index in [1.54, 1.807) is 24.3 Å². The molecule has 0 aliphatic rings. The lowest BCUT2D eigenvalue weighted by atomic mass is 10.2. The molecule has 0 saturated carbocycles. The molecule has 0 fully saturated rings. The van der Waals surface area contributed by atoms with E-state index in [0.29, 0.717) is 17.8 Å². The van der Waals surface area contributed by atoms with Gasteiger partial charge in [0.05, 0.1) is 12.7 Å². The summed E-state index contributed by atoms with van der Waals surface area (Å²) in [6, 6.07) is 6.51. The van der Waals surface area contributed by atoms with Crippen LogP contribution in [-0.2, 0) is 14.3 Å². The number of hydrogen-bond acceptors (Lipinski definition) is 5. The molecule has 0 saturated heterocycles. The van der Waals surface area contributed by atoms with E-state index in [-0.39, 0.29) is 24.8 Å². The maximum Gasteiger partial charge on any atom is 0.337 e. The van der Waals surface area contributed by atoms with Crippen molar-refractivity contribution in [2.75, 3.05) is 45.7 Å². The van der Waals surface area contributed by atoms with Gasteiger partial charge in [0.25, 0.3) is 0 Å². The van der Waals surface area contributed by atoms with Crippen LogP contribution in [0.3, 0.4) is 0 Å². The molecular formula is C17H25N3O4. The van der Waals surface area contributed by atoms with Crippen molar-refractivity contribution in [2.24, 2.45) is 0 Å². The van der Waals surface area contributed by atoms with Crippen LogP contribution in [0.1, 0.15) is 23.7 Å². The standard InChI is InChI=1S/C17H25N3O4/c1-13(21)20(11-9-16(22)18-10-12-19(2)3)15-7-5-14(6-8-15)17(23)24-4/h5-8H,9-12H2,1-4H3,(H,18,22). The van der Waals surface area contributed by atoms with Crippen LogP contribution in [0.25, 0.3) is 0 Å². The lowest BCUT2D eigenvalue weighted by Gasteiger charge is -2.21. The van der Waals surface area contributed by atoms with Gasteiger partial charge >= 0.3 is 5.97 Å². The van der Waals surface area contributed by atoms with E-state index >= 15 is 0 Å². The number of carbonyl (C=O) groups is 3. The fourth-order valence-corrected chi connectivity index (χ4v) is 2.08. The van der Waals surface area contributed by atoms with E-state index < -0.39 is 5.97 Å². The first kappa shape index (κ1) is 19.6. The summed E-state index contributed by atoms with van der Waals surface area (Å²) in [5, 5.41) is 2.81. The second-order valence-corrected chi connectivity index (χ2v) is 5.61. The molecule has 7 nitrogen and oxygen atoms in total. The van der Waals surface area contributed by atoms with Gasteiger partial charge in [-0.25, -0.2) is 4.79 Å². The molecule has 1 aromatic rings. The Hall–Kier alpha value is -2.41. The summed E-state index contributed by atoms with van der Waals surface area (Å²) < 4.78 is 4.64. The van der Waals surface area contributed by atoms with Gasteiger partial charge in [-0.05, 0) is 38.4 Å². The highest BCUT2D eigenvalue weighted by Crippen LogP contribution is 2.16. The highest BCUT2D eigenvalue weighted by molar-refractivity contribution is 5.94. The van der Waals surface area contributed by atoms with Crippen LogP contribution in [0.15, 0.2) is 24.3 Å². The number of hydrogen-bond donors (Lipinski definition) is 1.